The molecular formula is C13H13ClN2O4S. The molecule has 0 fully saturated rings. The molecule has 0 amide bonds. The van der Waals surface area contributed by atoms with Crippen molar-refractivity contribution >= 4 is 27.6 Å². The molecule has 0 bridgehead atoms. The topological polar surface area (TPSA) is 88.4 Å². The van der Waals surface area contributed by atoms with E-state index in [1.165, 1.54) is 12.1 Å². The van der Waals surface area contributed by atoms with Gasteiger partial charge < -0.3 is 9.67 Å². The maximum atomic E-state index is 12.2. The van der Waals surface area contributed by atoms with E-state index in [0.717, 1.165) is 11.8 Å². The number of carboxylic acids is 1. The van der Waals surface area contributed by atoms with E-state index in [4.69, 9.17) is 16.7 Å². The van der Waals surface area contributed by atoms with Gasteiger partial charge in [-0.25, -0.2) is 17.9 Å². The molecule has 0 spiro atoms. The summed E-state index contributed by atoms with van der Waals surface area (Å²) in [5.41, 5.74) is 0.628. The Morgan fingerprint density at radius 1 is 1.38 bits per heavy atom. The van der Waals surface area contributed by atoms with Crippen molar-refractivity contribution in [2.24, 2.45) is 7.05 Å². The zero-order valence-electron chi connectivity index (χ0n) is 11.1. The van der Waals surface area contributed by atoms with Gasteiger partial charge in [-0.2, -0.15) is 0 Å². The Balaban J connectivity index is 2.29. The molecule has 1 heterocycles. The highest BCUT2D eigenvalue weighted by molar-refractivity contribution is 7.89. The summed E-state index contributed by atoms with van der Waals surface area (Å²) >= 11 is 5.86. The number of nitrogens with one attached hydrogen (secondary N) is 1. The highest BCUT2D eigenvalue weighted by atomic mass is 35.5. The van der Waals surface area contributed by atoms with E-state index in [1.807, 2.05) is 0 Å². The van der Waals surface area contributed by atoms with E-state index in [-0.39, 0.29) is 22.0 Å². The first-order valence-electron chi connectivity index (χ1n) is 5.94. The summed E-state index contributed by atoms with van der Waals surface area (Å²) in [7, 11) is -2.11. The van der Waals surface area contributed by atoms with Crippen LogP contribution in [0, 0.1) is 0 Å². The fourth-order valence-corrected chi connectivity index (χ4v) is 3.29. The van der Waals surface area contributed by atoms with E-state index in [0.29, 0.717) is 0 Å². The maximum absolute atomic E-state index is 12.2. The van der Waals surface area contributed by atoms with Crippen LogP contribution in [0.4, 0.5) is 0 Å². The molecule has 0 atom stereocenters. The smallest absolute Gasteiger partial charge is 0.335 e. The lowest BCUT2D eigenvalue weighted by atomic mass is 10.2. The number of hydrogen-bond donors (Lipinski definition) is 2. The molecule has 0 unspecified atom stereocenters. The van der Waals surface area contributed by atoms with Crippen molar-refractivity contribution in [2.75, 3.05) is 0 Å². The zero-order valence-corrected chi connectivity index (χ0v) is 12.6. The number of hydrogen-bond acceptors (Lipinski definition) is 3. The summed E-state index contributed by atoms with van der Waals surface area (Å²) in [6, 6.07) is 7.11. The van der Waals surface area contributed by atoms with Crippen molar-refractivity contribution in [3.8, 4) is 0 Å². The number of carbonyl (C=O) groups is 1. The lowest BCUT2D eigenvalue weighted by Gasteiger charge is -2.09. The van der Waals surface area contributed by atoms with Crippen molar-refractivity contribution in [1.29, 1.82) is 0 Å². The third-order valence-corrected chi connectivity index (χ3v) is 4.85. The minimum absolute atomic E-state index is 0.0284. The number of benzene rings is 1. The van der Waals surface area contributed by atoms with Crippen LogP contribution in [0.15, 0.2) is 41.4 Å². The number of sulfonamides is 1. The molecule has 0 aliphatic carbocycles. The van der Waals surface area contributed by atoms with Crippen molar-refractivity contribution < 1.29 is 18.3 Å². The average molecular weight is 329 g/mol. The molecule has 0 aliphatic heterocycles. The first-order valence-corrected chi connectivity index (χ1v) is 7.80. The molecule has 21 heavy (non-hydrogen) atoms. The van der Waals surface area contributed by atoms with Gasteiger partial charge in [-0.3, -0.25) is 0 Å². The minimum Gasteiger partial charge on any atom is -0.478 e. The lowest BCUT2D eigenvalue weighted by Crippen LogP contribution is -2.24. The summed E-state index contributed by atoms with van der Waals surface area (Å²) < 4.78 is 28.6. The molecule has 2 N–H and O–H groups in total. The number of nitrogens with zero attached hydrogens (tertiary/aromatic N) is 1. The molecule has 0 aliphatic rings. The minimum atomic E-state index is -3.90. The van der Waals surface area contributed by atoms with Gasteiger partial charge in [0.25, 0.3) is 0 Å². The van der Waals surface area contributed by atoms with Crippen LogP contribution < -0.4 is 4.72 Å². The number of halogens is 1. The maximum Gasteiger partial charge on any atom is 0.335 e. The lowest BCUT2D eigenvalue weighted by molar-refractivity contribution is 0.0696. The van der Waals surface area contributed by atoms with E-state index in [2.05, 4.69) is 4.72 Å². The number of aromatic nitrogens is 1. The van der Waals surface area contributed by atoms with E-state index in [9.17, 15) is 13.2 Å². The fraction of sp³-hybridized carbons (Fsp3) is 0.154. The summed E-state index contributed by atoms with van der Waals surface area (Å²) in [6.45, 7) is 0.0828. The van der Waals surface area contributed by atoms with Crippen molar-refractivity contribution in [3.63, 3.8) is 0 Å². The van der Waals surface area contributed by atoms with Gasteiger partial charge in [0.2, 0.25) is 10.0 Å². The van der Waals surface area contributed by atoms with Crippen LogP contribution in [-0.2, 0) is 23.6 Å². The normalized spacial score (nSPS) is 11.5. The third kappa shape index (κ3) is 3.44. The fourth-order valence-electron chi connectivity index (χ4n) is 1.77. The number of carboxylic acid groups (broad SMARTS) is 1. The van der Waals surface area contributed by atoms with Crippen molar-refractivity contribution in [1.82, 2.24) is 9.29 Å². The summed E-state index contributed by atoms with van der Waals surface area (Å²) in [4.78, 5) is 10.7. The standard InChI is InChI=1S/C13H13ClN2O4S/c1-16-6-2-3-10(16)8-15-21(19,20)12-7-9(13(17)18)4-5-11(12)14/h2-7,15H,8H2,1H3,(H,17,18). The predicted octanol–water partition coefficient (Wildman–Crippen LogP) is 1.86. The first kappa shape index (κ1) is 15.6. The van der Waals surface area contributed by atoms with Crippen molar-refractivity contribution in [3.05, 3.63) is 52.8 Å². The number of rotatable bonds is 5. The molecule has 1 aromatic carbocycles. The monoisotopic (exact) mass is 328 g/mol. The van der Waals surface area contributed by atoms with Crippen molar-refractivity contribution in [2.45, 2.75) is 11.4 Å². The summed E-state index contributed by atoms with van der Waals surface area (Å²) in [5, 5.41) is 8.89. The molecule has 0 radical (unpaired) electrons. The van der Waals surface area contributed by atoms with Gasteiger partial charge in [0, 0.05) is 18.9 Å². The van der Waals surface area contributed by atoms with Gasteiger partial charge in [-0.15, -0.1) is 0 Å². The molecule has 0 saturated carbocycles. The van der Waals surface area contributed by atoms with Crippen LogP contribution in [0.25, 0.3) is 0 Å². The van der Waals surface area contributed by atoms with E-state index >= 15 is 0 Å². The second-order valence-electron chi connectivity index (χ2n) is 4.39. The quantitative estimate of drug-likeness (QED) is 0.876. The average Bonchev–Trinajstić information content (AvgIpc) is 2.82. The summed E-state index contributed by atoms with van der Waals surface area (Å²) in [5.74, 6) is -1.22. The van der Waals surface area contributed by atoms with Gasteiger partial charge in [0.15, 0.2) is 0 Å². The van der Waals surface area contributed by atoms with E-state index < -0.39 is 16.0 Å². The Morgan fingerprint density at radius 2 is 2.10 bits per heavy atom. The number of aromatic carboxylic acids is 1. The van der Waals surface area contributed by atoms with Crippen LogP contribution in [0.1, 0.15) is 16.1 Å². The highest BCUT2D eigenvalue weighted by Gasteiger charge is 2.20. The molecule has 8 heteroatoms. The first-order chi connectivity index (χ1) is 9.81. The van der Waals surface area contributed by atoms with Crippen LogP contribution in [-0.4, -0.2) is 24.1 Å². The Bertz CT molecular complexity index is 783. The SMILES string of the molecule is Cn1cccc1CNS(=O)(=O)c1cc(C(=O)O)ccc1Cl. The Morgan fingerprint density at radius 3 is 2.67 bits per heavy atom. The van der Waals surface area contributed by atoms with Crippen LogP contribution in [0.2, 0.25) is 5.02 Å². The summed E-state index contributed by atoms with van der Waals surface area (Å²) in [6.07, 6.45) is 1.79. The molecule has 1 aromatic heterocycles. The van der Waals surface area contributed by atoms with Gasteiger partial charge in [-0.05, 0) is 30.3 Å². The third-order valence-electron chi connectivity index (χ3n) is 2.96. The predicted molar refractivity (Wildman–Crippen MR) is 77.8 cm³/mol. The van der Waals surface area contributed by atoms with Crippen LogP contribution >= 0.6 is 11.6 Å². The van der Waals surface area contributed by atoms with Gasteiger partial charge in [-0.1, -0.05) is 11.6 Å². The molecule has 6 nitrogen and oxygen atoms in total. The van der Waals surface area contributed by atoms with Gasteiger partial charge in [0.1, 0.15) is 4.90 Å². The Hall–Kier alpha value is -1.83. The van der Waals surface area contributed by atoms with Crippen LogP contribution in [0.3, 0.4) is 0 Å². The van der Waals surface area contributed by atoms with Gasteiger partial charge in [0.05, 0.1) is 17.1 Å². The zero-order chi connectivity index (χ0) is 15.6. The second-order valence-corrected chi connectivity index (χ2v) is 6.53. The largest absolute Gasteiger partial charge is 0.478 e. The molecule has 0 saturated heterocycles. The van der Waals surface area contributed by atoms with Crippen LogP contribution in [0.5, 0.6) is 0 Å². The van der Waals surface area contributed by atoms with E-state index in [1.54, 1.807) is 29.9 Å². The molecule has 2 rings (SSSR count). The second kappa shape index (κ2) is 5.88. The molecule has 2 aromatic rings. The number of aryl methyl sites for hydroxylation is 1. The Kier molecular flexibility index (Phi) is 4.36. The van der Waals surface area contributed by atoms with Gasteiger partial charge >= 0.3 is 5.97 Å². The Labute approximate surface area is 127 Å². The highest BCUT2D eigenvalue weighted by Crippen LogP contribution is 2.23. The molecular weight excluding hydrogens is 316 g/mol. The molecule has 112 valence electrons.